The topological polar surface area (TPSA) is 65.5 Å². The fourth-order valence-electron chi connectivity index (χ4n) is 1.18. The minimum atomic E-state index is -0.493. The van der Waals surface area contributed by atoms with Gasteiger partial charge >= 0.3 is 11.9 Å². The highest BCUT2D eigenvalue weighted by Gasteiger charge is 2.07. The van der Waals surface area contributed by atoms with E-state index in [0.717, 1.165) is 5.56 Å². The molecule has 1 rings (SSSR count). The standard InChI is InChI=1S/C13H15NO4/c1-3-10-5-6-14-11(7-10)8-13(16)18-9-17-12(15)4-2/h3,5-7H,1,4,8-9H2,2H3. The van der Waals surface area contributed by atoms with E-state index in [1.54, 1.807) is 31.3 Å². The van der Waals surface area contributed by atoms with Crippen molar-refractivity contribution in [2.45, 2.75) is 19.8 Å². The van der Waals surface area contributed by atoms with Crippen molar-refractivity contribution in [2.24, 2.45) is 0 Å². The van der Waals surface area contributed by atoms with Crippen molar-refractivity contribution < 1.29 is 19.1 Å². The highest BCUT2D eigenvalue weighted by atomic mass is 16.7. The fraction of sp³-hybridized carbons (Fsp3) is 0.308. The maximum Gasteiger partial charge on any atom is 0.314 e. The lowest BCUT2D eigenvalue weighted by Gasteiger charge is -2.05. The third-order valence-corrected chi connectivity index (χ3v) is 2.13. The second kappa shape index (κ2) is 7.21. The van der Waals surface area contributed by atoms with Gasteiger partial charge in [-0.25, -0.2) is 0 Å². The summed E-state index contributed by atoms with van der Waals surface area (Å²) in [6, 6.07) is 3.52. The molecule has 0 bridgehead atoms. The van der Waals surface area contributed by atoms with Crippen LogP contribution in [0.3, 0.4) is 0 Å². The van der Waals surface area contributed by atoms with E-state index in [9.17, 15) is 9.59 Å². The first-order chi connectivity index (χ1) is 8.65. The number of aromatic nitrogens is 1. The van der Waals surface area contributed by atoms with Gasteiger partial charge in [0.25, 0.3) is 0 Å². The summed E-state index contributed by atoms with van der Waals surface area (Å²) in [6.45, 7) is 4.94. The number of pyridine rings is 1. The number of ether oxygens (including phenoxy) is 2. The highest BCUT2D eigenvalue weighted by molar-refractivity contribution is 5.72. The van der Waals surface area contributed by atoms with Crippen LogP contribution in [0.1, 0.15) is 24.6 Å². The van der Waals surface area contributed by atoms with Crippen LogP contribution in [0.4, 0.5) is 0 Å². The van der Waals surface area contributed by atoms with Crippen LogP contribution in [0.15, 0.2) is 24.9 Å². The summed E-state index contributed by atoms with van der Waals surface area (Å²) in [4.78, 5) is 26.2. The molecule has 0 amide bonds. The lowest BCUT2D eigenvalue weighted by molar-refractivity contribution is -0.166. The molecule has 1 heterocycles. The van der Waals surface area contributed by atoms with Gasteiger partial charge in [0.05, 0.1) is 12.1 Å². The Morgan fingerprint density at radius 3 is 2.78 bits per heavy atom. The van der Waals surface area contributed by atoms with Gasteiger partial charge in [0, 0.05) is 12.6 Å². The Balaban J connectivity index is 2.39. The molecule has 0 aliphatic heterocycles. The lowest BCUT2D eigenvalue weighted by atomic mass is 10.2. The number of hydrogen-bond donors (Lipinski definition) is 0. The number of nitrogens with zero attached hydrogens (tertiary/aromatic N) is 1. The van der Waals surface area contributed by atoms with E-state index in [2.05, 4.69) is 16.3 Å². The van der Waals surface area contributed by atoms with Gasteiger partial charge in [0.15, 0.2) is 0 Å². The first kappa shape index (κ1) is 13.9. The quantitative estimate of drug-likeness (QED) is 0.567. The van der Waals surface area contributed by atoms with Crippen molar-refractivity contribution in [3.63, 3.8) is 0 Å². The smallest absolute Gasteiger partial charge is 0.314 e. The van der Waals surface area contributed by atoms with E-state index in [0.29, 0.717) is 5.69 Å². The van der Waals surface area contributed by atoms with Gasteiger partial charge in [-0.2, -0.15) is 0 Å². The van der Waals surface area contributed by atoms with Crippen molar-refractivity contribution in [2.75, 3.05) is 6.79 Å². The maximum atomic E-state index is 11.4. The molecule has 0 unspecified atom stereocenters. The van der Waals surface area contributed by atoms with E-state index < -0.39 is 11.9 Å². The van der Waals surface area contributed by atoms with E-state index >= 15 is 0 Å². The largest absolute Gasteiger partial charge is 0.428 e. The molecule has 0 aliphatic rings. The van der Waals surface area contributed by atoms with Crippen molar-refractivity contribution >= 4 is 18.0 Å². The summed E-state index contributed by atoms with van der Waals surface area (Å²) in [5, 5.41) is 0. The SMILES string of the molecule is C=Cc1ccnc(CC(=O)OCOC(=O)CC)c1. The van der Waals surface area contributed by atoms with E-state index in [-0.39, 0.29) is 19.6 Å². The Morgan fingerprint density at radius 1 is 1.39 bits per heavy atom. The number of carbonyl (C=O) groups excluding carboxylic acids is 2. The van der Waals surface area contributed by atoms with Crippen molar-refractivity contribution in [3.05, 3.63) is 36.2 Å². The Hall–Kier alpha value is -2.17. The molecular formula is C13H15NO4. The van der Waals surface area contributed by atoms with Gasteiger partial charge in [-0.15, -0.1) is 0 Å². The van der Waals surface area contributed by atoms with Gasteiger partial charge in [0.1, 0.15) is 0 Å². The zero-order valence-corrected chi connectivity index (χ0v) is 10.2. The van der Waals surface area contributed by atoms with Crippen molar-refractivity contribution in [3.8, 4) is 0 Å². The molecule has 0 aromatic carbocycles. The first-order valence-corrected chi connectivity index (χ1v) is 5.54. The Kier molecular flexibility index (Phi) is 5.57. The van der Waals surface area contributed by atoms with Crippen LogP contribution in [0.25, 0.3) is 6.08 Å². The molecule has 18 heavy (non-hydrogen) atoms. The van der Waals surface area contributed by atoms with Gasteiger partial charge in [-0.3, -0.25) is 14.6 Å². The number of hydrogen-bond acceptors (Lipinski definition) is 5. The summed E-state index contributed by atoms with van der Waals surface area (Å²) in [7, 11) is 0. The third kappa shape index (κ3) is 4.78. The predicted octanol–water partition coefficient (Wildman–Crippen LogP) is 1.72. The molecule has 0 fully saturated rings. The number of carbonyl (C=O) groups is 2. The van der Waals surface area contributed by atoms with Crippen LogP contribution in [0.2, 0.25) is 0 Å². The Labute approximate surface area is 105 Å². The van der Waals surface area contributed by atoms with E-state index in [1.165, 1.54) is 0 Å². The van der Waals surface area contributed by atoms with Crippen LogP contribution < -0.4 is 0 Å². The van der Waals surface area contributed by atoms with Gasteiger partial charge < -0.3 is 9.47 Å². The second-order valence-electron chi connectivity index (χ2n) is 3.47. The van der Waals surface area contributed by atoms with E-state index in [4.69, 9.17) is 4.74 Å². The van der Waals surface area contributed by atoms with Crippen LogP contribution in [-0.4, -0.2) is 23.7 Å². The molecule has 1 aromatic rings. The van der Waals surface area contributed by atoms with Crippen LogP contribution in [-0.2, 0) is 25.5 Å². The fourth-order valence-corrected chi connectivity index (χ4v) is 1.18. The predicted molar refractivity (Wildman–Crippen MR) is 65.4 cm³/mol. The average Bonchev–Trinajstić information content (AvgIpc) is 2.38. The monoisotopic (exact) mass is 249 g/mol. The third-order valence-electron chi connectivity index (χ3n) is 2.13. The molecule has 0 saturated carbocycles. The van der Waals surface area contributed by atoms with Gasteiger partial charge in [-0.05, 0) is 17.7 Å². The molecule has 5 heteroatoms. The molecule has 0 aliphatic carbocycles. The highest BCUT2D eigenvalue weighted by Crippen LogP contribution is 2.04. The Morgan fingerprint density at radius 2 is 2.11 bits per heavy atom. The zero-order chi connectivity index (χ0) is 13.4. The molecule has 5 nitrogen and oxygen atoms in total. The second-order valence-corrected chi connectivity index (χ2v) is 3.47. The molecule has 1 aromatic heterocycles. The minimum absolute atomic E-state index is 0.0331. The average molecular weight is 249 g/mol. The molecular weight excluding hydrogens is 234 g/mol. The Bertz CT molecular complexity index is 442. The summed E-state index contributed by atoms with van der Waals surface area (Å²) in [5.41, 5.74) is 1.46. The lowest BCUT2D eigenvalue weighted by Crippen LogP contribution is -2.14. The minimum Gasteiger partial charge on any atom is -0.428 e. The summed E-state index contributed by atoms with van der Waals surface area (Å²) in [6.07, 6.45) is 3.54. The van der Waals surface area contributed by atoms with Crippen molar-refractivity contribution in [1.29, 1.82) is 0 Å². The number of esters is 2. The maximum absolute atomic E-state index is 11.4. The van der Waals surface area contributed by atoms with Gasteiger partial charge in [-0.1, -0.05) is 19.6 Å². The first-order valence-electron chi connectivity index (χ1n) is 5.54. The molecule has 0 N–H and O–H groups in total. The molecule has 0 radical (unpaired) electrons. The normalized spacial score (nSPS) is 9.61. The van der Waals surface area contributed by atoms with Crippen LogP contribution >= 0.6 is 0 Å². The zero-order valence-electron chi connectivity index (χ0n) is 10.2. The molecule has 0 saturated heterocycles. The van der Waals surface area contributed by atoms with Crippen LogP contribution in [0, 0.1) is 0 Å². The number of rotatable bonds is 6. The summed E-state index contributed by atoms with van der Waals surface area (Å²) in [5.74, 6) is -0.901. The van der Waals surface area contributed by atoms with Crippen molar-refractivity contribution in [1.82, 2.24) is 4.98 Å². The van der Waals surface area contributed by atoms with Gasteiger partial charge in [0.2, 0.25) is 6.79 Å². The van der Waals surface area contributed by atoms with Crippen LogP contribution in [0.5, 0.6) is 0 Å². The molecule has 0 spiro atoms. The summed E-state index contributed by atoms with van der Waals surface area (Å²) < 4.78 is 9.37. The summed E-state index contributed by atoms with van der Waals surface area (Å²) >= 11 is 0. The van der Waals surface area contributed by atoms with E-state index in [1.807, 2.05) is 0 Å². The molecule has 96 valence electrons. The molecule has 0 atom stereocenters.